The van der Waals surface area contributed by atoms with Crippen molar-refractivity contribution in [3.8, 4) is 0 Å². The van der Waals surface area contributed by atoms with Crippen molar-refractivity contribution < 1.29 is 18.0 Å². The SMILES string of the molecule is O=C(NC1CC1)c1ccccc1NCc1ccccc1C(F)(F)F. The van der Waals surface area contributed by atoms with Crippen molar-refractivity contribution in [1.29, 1.82) is 0 Å². The monoisotopic (exact) mass is 334 g/mol. The summed E-state index contributed by atoms with van der Waals surface area (Å²) in [5, 5.41) is 5.84. The van der Waals surface area contributed by atoms with Crippen LogP contribution in [0.25, 0.3) is 0 Å². The molecule has 126 valence electrons. The van der Waals surface area contributed by atoms with Crippen LogP contribution < -0.4 is 10.6 Å². The number of nitrogens with one attached hydrogen (secondary N) is 2. The Bertz CT molecular complexity index is 739. The number of alkyl halides is 3. The minimum absolute atomic E-state index is 0.0105. The largest absolute Gasteiger partial charge is 0.416 e. The topological polar surface area (TPSA) is 41.1 Å². The van der Waals surface area contributed by atoms with Gasteiger partial charge in [-0.3, -0.25) is 4.79 Å². The van der Waals surface area contributed by atoms with E-state index in [1.165, 1.54) is 12.1 Å². The first kappa shape index (κ1) is 16.4. The van der Waals surface area contributed by atoms with E-state index < -0.39 is 11.7 Å². The Morgan fingerprint density at radius 1 is 1.04 bits per heavy atom. The molecular weight excluding hydrogens is 317 g/mol. The summed E-state index contributed by atoms with van der Waals surface area (Å²) in [5.74, 6) is -0.204. The molecule has 0 aromatic heterocycles. The zero-order valence-electron chi connectivity index (χ0n) is 12.9. The minimum Gasteiger partial charge on any atom is -0.380 e. The van der Waals surface area contributed by atoms with E-state index in [0.29, 0.717) is 11.3 Å². The molecule has 1 aliphatic rings. The zero-order valence-corrected chi connectivity index (χ0v) is 12.9. The lowest BCUT2D eigenvalue weighted by atomic mass is 10.1. The van der Waals surface area contributed by atoms with Crippen LogP contribution in [0.4, 0.5) is 18.9 Å². The van der Waals surface area contributed by atoms with Crippen molar-refractivity contribution in [3.63, 3.8) is 0 Å². The molecule has 0 atom stereocenters. The van der Waals surface area contributed by atoms with Gasteiger partial charge in [0, 0.05) is 18.3 Å². The first-order chi connectivity index (χ1) is 11.4. The second-order valence-corrected chi connectivity index (χ2v) is 5.80. The molecule has 1 amide bonds. The molecule has 6 heteroatoms. The van der Waals surface area contributed by atoms with Gasteiger partial charge in [-0.25, -0.2) is 0 Å². The molecule has 0 bridgehead atoms. The molecular formula is C18H17F3N2O. The number of hydrogen-bond acceptors (Lipinski definition) is 2. The maximum Gasteiger partial charge on any atom is 0.416 e. The Morgan fingerprint density at radius 3 is 2.42 bits per heavy atom. The van der Waals surface area contributed by atoms with Gasteiger partial charge in [-0.1, -0.05) is 30.3 Å². The maximum absolute atomic E-state index is 13.0. The van der Waals surface area contributed by atoms with Gasteiger partial charge < -0.3 is 10.6 Å². The standard InChI is InChI=1S/C18H17F3N2O/c19-18(20,21)15-7-3-1-5-12(15)11-22-16-8-4-2-6-14(16)17(24)23-13-9-10-13/h1-8,13,22H,9-11H2,(H,23,24). The summed E-state index contributed by atoms with van der Waals surface area (Å²) in [6.45, 7) is -0.0105. The molecule has 1 aliphatic carbocycles. The van der Waals surface area contributed by atoms with Crippen molar-refractivity contribution in [1.82, 2.24) is 5.32 Å². The Hall–Kier alpha value is -2.50. The molecule has 1 fully saturated rings. The summed E-state index contributed by atoms with van der Waals surface area (Å²) in [7, 11) is 0. The number of hydrogen-bond donors (Lipinski definition) is 2. The second kappa shape index (κ2) is 6.55. The predicted molar refractivity (Wildman–Crippen MR) is 85.7 cm³/mol. The highest BCUT2D eigenvalue weighted by atomic mass is 19.4. The molecule has 24 heavy (non-hydrogen) atoms. The van der Waals surface area contributed by atoms with E-state index in [2.05, 4.69) is 10.6 Å². The van der Waals surface area contributed by atoms with Crippen molar-refractivity contribution in [2.75, 3.05) is 5.32 Å². The summed E-state index contributed by atoms with van der Waals surface area (Å²) in [6, 6.07) is 12.5. The summed E-state index contributed by atoms with van der Waals surface area (Å²) in [5.41, 5.74) is 0.432. The lowest BCUT2D eigenvalue weighted by molar-refractivity contribution is -0.138. The van der Waals surface area contributed by atoms with Crippen LogP contribution in [0.2, 0.25) is 0 Å². The molecule has 3 nitrogen and oxygen atoms in total. The van der Waals surface area contributed by atoms with Crippen molar-refractivity contribution in [2.45, 2.75) is 31.6 Å². The molecule has 2 aromatic carbocycles. The van der Waals surface area contributed by atoms with Gasteiger partial charge in [0.05, 0.1) is 11.1 Å². The van der Waals surface area contributed by atoms with Gasteiger partial charge in [0.25, 0.3) is 5.91 Å². The highest BCUT2D eigenvalue weighted by Crippen LogP contribution is 2.32. The third-order valence-electron chi connectivity index (χ3n) is 3.88. The summed E-state index contributed by atoms with van der Waals surface area (Å²) in [6.07, 6.45) is -2.46. The Labute approximate surface area is 137 Å². The number of benzene rings is 2. The summed E-state index contributed by atoms with van der Waals surface area (Å²) < 4.78 is 39.1. The highest BCUT2D eigenvalue weighted by molar-refractivity contribution is 5.99. The predicted octanol–water partition coefficient (Wildman–Crippen LogP) is 4.21. The van der Waals surface area contributed by atoms with Crippen LogP contribution in [-0.2, 0) is 12.7 Å². The molecule has 0 saturated heterocycles. The molecule has 0 heterocycles. The number of anilines is 1. The van der Waals surface area contributed by atoms with Crippen LogP contribution in [0.5, 0.6) is 0 Å². The first-order valence-electron chi connectivity index (χ1n) is 7.74. The average molecular weight is 334 g/mol. The molecule has 2 N–H and O–H groups in total. The highest BCUT2D eigenvalue weighted by Gasteiger charge is 2.32. The lowest BCUT2D eigenvalue weighted by Crippen LogP contribution is -2.26. The summed E-state index contributed by atoms with van der Waals surface area (Å²) >= 11 is 0. The molecule has 0 unspecified atom stereocenters. The smallest absolute Gasteiger partial charge is 0.380 e. The van der Waals surface area contributed by atoms with Gasteiger partial charge in [-0.2, -0.15) is 13.2 Å². The maximum atomic E-state index is 13.0. The number of para-hydroxylation sites is 1. The molecule has 0 aliphatic heterocycles. The number of carbonyl (C=O) groups excluding carboxylic acids is 1. The number of halogens is 3. The fraction of sp³-hybridized carbons (Fsp3) is 0.278. The number of carbonyl (C=O) groups is 1. The Balaban J connectivity index is 1.77. The van der Waals surface area contributed by atoms with E-state index in [1.807, 2.05) is 0 Å². The van der Waals surface area contributed by atoms with Crippen LogP contribution in [0.15, 0.2) is 48.5 Å². The fourth-order valence-electron chi connectivity index (χ4n) is 2.47. The van der Waals surface area contributed by atoms with Crippen LogP contribution in [0.3, 0.4) is 0 Å². The third kappa shape index (κ3) is 3.88. The third-order valence-corrected chi connectivity index (χ3v) is 3.88. The number of amides is 1. The van der Waals surface area contributed by atoms with E-state index in [-0.39, 0.29) is 24.1 Å². The summed E-state index contributed by atoms with van der Waals surface area (Å²) in [4.78, 5) is 12.2. The lowest BCUT2D eigenvalue weighted by Gasteiger charge is -2.15. The van der Waals surface area contributed by atoms with Gasteiger partial charge in [-0.15, -0.1) is 0 Å². The molecule has 0 spiro atoms. The van der Waals surface area contributed by atoms with E-state index >= 15 is 0 Å². The minimum atomic E-state index is -4.40. The van der Waals surface area contributed by atoms with Gasteiger partial charge in [-0.05, 0) is 36.6 Å². The normalized spacial score (nSPS) is 14.3. The molecule has 1 saturated carbocycles. The van der Waals surface area contributed by atoms with Crippen LogP contribution >= 0.6 is 0 Å². The van der Waals surface area contributed by atoms with Gasteiger partial charge >= 0.3 is 6.18 Å². The molecule has 0 radical (unpaired) electrons. The van der Waals surface area contributed by atoms with Gasteiger partial charge in [0.2, 0.25) is 0 Å². The van der Waals surface area contributed by atoms with E-state index in [9.17, 15) is 18.0 Å². The average Bonchev–Trinajstić information content (AvgIpc) is 3.36. The molecule has 3 rings (SSSR count). The fourth-order valence-corrected chi connectivity index (χ4v) is 2.47. The number of rotatable bonds is 5. The van der Waals surface area contributed by atoms with Crippen LogP contribution in [0, 0.1) is 0 Å². The van der Waals surface area contributed by atoms with E-state index in [1.54, 1.807) is 30.3 Å². The van der Waals surface area contributed by atoms with Crippen molar-refractivity contribution in [2.24, 2.45) is 0 Å². The van der Waals surface area contributed by atoms with Crippen molar-refractivity contribution >= 4 is 11.6 Å². The Morgan fingerprint density at radius 2 is 1.71 bits per heavy atom. The van der Waals surface area contributed by atoms with Crippen LogP contribution in [-0.4, -0.2) is 11.9 Å². The first-order valence-corrected chi connectivity index (χ1v) is 7.74. The zero-order chi connectivity index (χ0) is 17.2. The quantitative estimate of drug-likeness (QED) is 0.860. The van der Waals surface area contributed by atoms with Crippen molar-refractivity contribution in [3.05, 3.63) is 65.2 Å². The van der Waals surface area contributed by atoms with E-state index in [4.69, 9.17) is 0 Å². The van der Waals surface area contributed by atoms with Gasteiger partial charge in [0.15, 0.2) is 0 Å². The van der Waals surface area contributed by atoms with Crippen LogP contribution in [0.1, 0.15) is 34.3 Å². The molecule has 2 aromatic rings. The second-order valence-electron chi connectivity index (χ2n) is 5.80. The Kier molecular flexibility index (Phi) is 4.46. The van der Waals surface area contributed by atoms with Gasteiger partial charge in [0.1, 0.15) is 0 Å². The van der Waals surface area contributed by atoms with E-state index in [0.717, 1.165) is 18.9 Å².